The molecule has 0 spiro atoms. The van der Waals surface area contributed by atoms with Crippen LogP contribution in [0.4, 0.5) is 0 Å². The van der Waals surface area contributed by atoms with Crippen LogP contribution >= 0.6 is 0 Å². The number of hydrogen-bond donors (Lipinski definition) is 2. The number of aliphatic hydroxyl groups excluding tert-OH is 1. The summed E-state index contributed by atoms with van der Waals surface area (Å²) in [6, 6.07) is 10.0. The van der Waals surface area contributed by atoms with Crippen molar-refractivity contribution in [3.63, 3.8) is 0 Å². The summed E-state index contributed by atoms with van der Waals surface area (Å²) in [6.45, 7) is 4.88. The van der Waals surface area contributed by atoms with Crippen molar-refractivity contribution in [2.75, 3.05) is 33.8 Å². The molecule has 12 heteroatoms. The molecule has 2 fully saturated rings. The standard InChI is InChI=1S/C29H36N6O6/c1-17(2)25(23-13-24(40-4)32-41-23)29(39)35-16-20(36)12-22(35)26-30-14-21(31-26)28(38)34-11-10-19(15-34)33(3)27(37)18-8-6-5-7-9-18/h5-9,13-14,17,19-20,22,25,36H,10-12,15-16H2,1-4H3,(H,30,31)/t19?,20-,22+,25?/m1/s1. The minimum absolute atomic E-state index is 0.0817. The predicted molar refractivity (Wildman–Crippen MR) is 147 cm³/mol. The summed E-state index contributed by atoms with van der Waals surface area (Å²) in [7, 11) is 3.24. The first-order chi connectivity index (χ1) is 19.7. The molecule has 41 heavy (non-hydrogen) atoms. The third-order valence-corrected chi connectivity index (χ3v) is 8.00. The van der Waals surface area contributed by atoms with E-state index in [2.05, 4.69) is 15.1 Å². The smallest absolute Gasteiger partial charge is 0.271 e. The molecule has 4 atom stereocenters. The summed E-state index contributed by atoms with van der Waals surface area (Å²) in [6.07, 6.45) is 1.69. The first kappa shape index (κ1) is 28.3. The third-order valence-electron chi connectivity index (χ3n) is 8.00. The minimum atomic E-state index is -0.734. The van der Waals surface area contributed by atoms with Gasteiger partial charge in [-0.05, 0) is 29.6 Å². The SMILES string of the molecule is COc1cc(C(C(=O)N2C[C@H](O)C[C@H]2c2ncc(C(=O)N3CCC(N(C)C(=O)c4ccccc4)C3)[nH]2)C(C)C)on1. The number of rotatable bonds is 8. The number of benzene rings is 1. The van der Waals surface area contributed by atoms with Crippen molar-refractivity contribution >= 4 is 17.7 Å². The van der Waals surface area contributed by atoms with Crippen LogP contribution in [0.15, 0.2) is 47.1 Å². The van der Waals surface area contributed by atoms with Crippen molar-refractivity contribution in [1.29, 1.82) is 0 Å². The number of amides is 3. The second-order valence-electron chi connectivity index (χ2n) is 11.0. The number of likely N-dealkylation sites (tertiary alicyclic amines) is 2. The number of H-pyrrole nitrogens is 1. The summed E-state index contributed by atoms with van der Waals surface area (Å²) >= 11 is 0. The molecule has 12 nitrogen and oxygen atoms in total. The van der Waals surface area contributed by atoms with Gasteiger partial charge in [0.05, 0.1) is 31.5 Å². The van der Waals surface area contributed by atoms with Gasteiger partial charge >= 0.3 is 0 Å². The quantitative estimate of drug-likeness (QED) is 0.425. The Hall–Kier alpha value is -4.19. The van der Waals surface area contributed by atoms with Crippen LogP contribution in [-0.2, 0) is 4.79 Å². The van der Waals surface area contributed by atoms with Gasteiger partial charge in [0.2, 0.25) is 5.91 Å². The lowest BCUT2D eigenvalue weighted by molar-refractivity contribution is -0.135. The fraction of sp³-hybridized carbons (Fsp3) is 0.483. The Labute approximate surface area is 238 Å². The number of methoxy groups -OCH3 is 1. The van der Waals surface area contributed by atoms with Gasteiger partial charge in [0.15, 0.2) is 5.76 Å². The monoisotopic (exact) mass is 564 g/mol. The lowest BCUT2D eigenvalue weighted by atomic mass is 9.91. The van der Waals surface area contributed by atoms with Crippen molar-refractivity contribution in [3.8, 4) is 5.88 Å². The predicted octanol–water partition coefficient (Wildman–Crippen LogP) is 2.47. The van der Waals surface area contributed by atoms with E-state index in [0.717, 1.165) is 0 Å². The Kier molecular flexibility index (Phi) is 8.11. The largest absolute Gasteiger partial charge is 0.479 e. The molecule has 5 rings (SSSR count). The summed E-state index contributed by atoms with van der Waals surface area (Å²) in [5.74, 6) is -0.170. The summed E-state index contributed by atoms with van der Waals surface area (Å²) in [4.78, 5) is 52.5. The summed E-state index contributed by atoms with van der Waals surface area (Å²) in [5, 5.41) is 14.4. The zero-order valence-electron chi connectivity index (χ0n) is 23.7. The second-order valence-corrected chi connectivity index (χ2v) is 11.0. The number of aliphatic hydroxyl groups is 1. The molecule has 2 aliphatic heterocycles. The van der Waals surface area contributed by atoms with Crippen LogP contribution in [-0.4, -0.2) is 98.6 Å². The Bertz CT molecular complexity index is 1390. The zero-order chi connectivity index (χ0) is 29.3. The normalized spacial score (nSPS) is 21.4. The highest BCUT2D eigenvalue weighted by Crippen LogP contribution is 2.37. The molecular formula is C29H36N6O6. The summed E-state index contributed by atoms with van der Waals surface area (Å²) < 4.78 is 10.5. The molecule has 2 saturated heterocycles. The number of β-amino-alcohol motifs (C(OH)–C–C–N with tert-alkyl or cyclic N) is 1. The second kappa shape index (κ2) is 11.7. The van der Waals surface area contributed by atoms with Gasteiger partial charge in [-0.15, -0.1) is 0 Å². The Morgan fingerprint density at radius 2 is 1.95 bits per heavy atom. The van der Waals surface area contributed by atoms with Crippen LogP contribution < -0.4 is 4.74 Å². The van der Waals surface area contributed by atoms with Gasteiger partial charge in [0.25, 0.3) is 17.7 Å². The van der Waals surface area contributed by atoms with Crippen molar-refractivity contribution in [2.45, 2.75) is 50.8 Å². The van der Waals surface area contributed by atoms with Crippen LogP contribution in [0, 0.1) is 5.92 Å². The third kappa shape index (κ3) is 5.69. The Morgan fingerprint density at radius 1 is 1.20 bits per heavy atom. The van der Waals surface area contributed by atoms with Crippen molar-refractivity contribution in [2.24, 2.45) is 5.92 Å². The van der Waals surface area contributed by atoms with Gasteiger partial charge in [-0.25, -0.2) is 4.98 Å². The first-order valence-electron chi connectivity index (χ1n) is 13.8. The molecular weight excluding hydrogens is 528 g/mol. The number of aromatic amines is 1. The molecule has 4 heterocycles. The molecule has 0 radical (unpaired) electrons. The highest BCUT2D eigenvalue weighted by molar-refractivity contribution is 5.95. The topological polar surface area (TPSA) is 145 Å². The first-order valence-corrected chi connectivity index (χ1v) is 13.8. The number of nitrogens with zero attached hydrogens (tertiary/aromatic N) is 5. The van der Waals surface area contributed by atoms with E-state index in [1.807, 2.05) is 32.0 Å². The van der Waals surface area contributed by atoms with Gasteiger partial charge in [-0.2, -0.15) is 0 Å². The molecule has 3 aromatic rings. The zero-order valence-corrected chi connectivity index (χ0v) is 23.7. The van der Waals surface area contributed by atoms with E-state index in [0.29, 0.717) is 42.4 Å². The number of carbonyl (C=O) groups excluding carboxylic acids is 3. The van der Waals surface area contributed by atoms with E-state index in [4.69, 9.17) is 9.26 Å². The number of aromatic nitrogens is 3. The van der Waals surface area contributed by atoms with E-state index in [1.54, 1.807) is 39.9 Å². The molecule has 2 N–H and O–H groups in total. The number of imidazole rings is 1. The van der Waals surface area contributed by atoms with Crippen LogP contribution in [0.5, 0.6) is 5.88 Å². The molecule has 2 unspecified atom stereocenters. The van der Waals surface area contributed by atoms with Gasteiger partial charge in [0, 0.05) is 44.7 Å². The average molecular weight is 565 g/mol. The van der Waals surface area contributed by atoms with E-state index >= 15 is 0 Å². The maximum absolute atomic E-state index is 13.8. The van der Waals surface area contributed by atoms with Crippen molar-refractivity contribution < 1.29 is 28.8 Å². The van der Waals surface area contributed by atoms with E-state index < -0.39 is 18.1 Å². The minimum Gasteiger partial charge on any atom is -0.479 e. The molecule has 218 valence electrons. The fourth-order valence-corrected chi connectivity index (χ4v) is 5.72. The van der Waals surface area contributed by atoms with Crippen LogP contribution in [0.2, 0.25) is 0 Å². The Morgan fingerprint density at radius 3 is 2.63 bits per heavy atom. The lowest BCUT2D eigenvalue weighted by Crippen LogP contribution is -2.40. The van der Waals surface area contributed by atoms with Crippen LogP contribution in [0.3, 0.4) is 0 Å². The van der Waals surface area contributed by atoms with Crippen molar-refractivity contribution in [1.82, 2.24) is 29.8 Å². The van der Waals surface area contributed by atoms with Gasteiger partial charge < -0.3 is 34.1 Å². The molecule has 0 bridgehead atoms. The number of ether oxygens (including phenoxy) is 1. The maximum atomic E-state index is 13.8. The Balaban J connectivity index is 1.28. The highest BCUT2D eigenvalue weighted by atomic mass is 16.5. The van der Waals surface area contributed by atoms with Crippen LogP contribution in [0.25, 0.3) is 0 Å². The number of hydrogen-bond acceptors (Lipinski definition) is 8. The number of nitrogens with one attached hydrogen (secondary N) is 1. The molecule has 2 aliphatic rings. The molecule has 3 amide bonds. The average Bonchev–Trinajstić information content (AvgIpc) is 3.78. The highest BCUT2D eigenvalue weighted by Gasteiger charge is 2.42. The number of likely N-dealkylation sites (N-methyl/N-ethyl adjacent to an activating group) is 1. The van der Waals surface area contributed by atoms with Gasteiger partial charge in [-0.1, -0.05) is 32.0 Å². The molecule has 0 saturated carbocycles. The molecule has 0 aliphatic carbocycles. The van der Waals surface area contributed by atoms with Crippen molar-refractivity contribution in [3.05, 3.63) is 65.4 Å². The van der Waals surface area contributed by atoms with E-state index in [9.17, 15) is 19.5 Å². The van der Waals surface area contributed by atoms with Gasteiger partial charge in [-0.3, -0.25) is 14.4 Å². The number of carbonyl (C=O) groups is 3. The van der Waals surface area contributed by atoms with E-state index in [1.165, 1.54) is 13.3 Å². The van der Waals surface area contributed by atoms with Crippen LogP contribution in [0.1, 0.15) is 71.1 Å². The van der Waals surface area contributed by atoms with E-state index in [-0.39, 0.29) is 48.5 Å². The lowest BCUT2D eigenvalue weighted by Gasteiger charge is -2.28. The summed E-state index contributed by atoms with van der Waals surface area (Å²) in [5.41, 5.74) is 0.907. The maximum Gasteiger partial charge on any atom is 0.271 e. The molecule has 2 aromatic heterocycles. The van der Waals surface area contributed by atoms with Gasteiger partial charge in [0.1, 0.15) is 17.4 Å². The molecule has 1 aromatic carbocycles. The fourth-order valence-electron chi connectivity index (χ4n) is 5.72.